The van der Waals surface area contributed by atoms with E-state index in [1.165, 1.54) is 16.7 Å². The quantitative estimate of drug-likeness (QED) is 0.667. The number of aromatic nitrogens is 2. The normalized spacial score (nSPS) is 17.0. The fourth-order valence-electron chi connectivity index (χ4n) is 2.92. The second-order valence-electron chi connectivity index (χ2n) is 5.35. The third-order valence-electron chi connectivity index (χ3n) is 3.93. The van der Waals surface area contributed by atoms with E-state index in [2.05, 4.69) is 28.2 Å². The minimum Gasteiger partial charge on any atom is -0.465 e. The number of nitrogens with one attached hydrogen (secondary N) is 1. The molecule has 5 nitrogen and oxygen atoms in total. The SMILES string of the molecule is N=C(N)OCC1CCc2cccc(-c3cncnc3)c2C1. The highest BCUT2D eigenvalue weighted by Gasteiger charge is 2.22. The number of rotatable bonds is 3. The number of nitrogens with zero attached hydrogens (tertiary/aromatic N) is 2. The number of hydrogen-bond donors (Lipinski definition) is 2. The van der Waals surface area contributed by atoms with Gasteiger partial charge in [-0.2, -0.15) is 0 Å². The Morgan fingerprint density at radius 3 is 2.90 bits per heavy atom. The Hall–Kier alpha value is -2.43. The molecule has 1 aromatic heterocycles. The Labute approximate surface area is 123 Å². The molecule has 1 aliphatic rings. The Morgan fingerprint density at radius 2 is 2.14 bits per heavy atom. The number of amidine groups is 1. The molecule has 0 saturated carbocycles. The molecule has 21 heavy (non-hydrogen) atoms. The summed E-state index contributed by atoms with van der Waals surface area (Å²) < 4.78 is 5.18. The number of ether oxygens (including phenoxy) is 1. The maximum atomic E-state index is 7.17. The van der Waals surface area contributed by atoms with Crippen LogP contribution in [0.15, 0.2) is 36.9 Å². The Balaban J connectivity index is 1.88. The zero-order chi connectivity index (χ0) is 14.7. The van der Waals surface area contributed by atoms with Gasteiger partial charge >= 0.3 is 0 Å². The molecule has 2 aromatic rings. The summed E-state index contributed by atoms with van der Waals surface area (Å²) in [4.78, 5) is 8.22. The highest BCUT2D eigenvalue weighted by Crippen LogP contribution is 2.33. The second kappa shape index (κ2) is 5.91. The summed E-state index contributed by atoms with van der Waals surface area (Å²) in [6.07, 6.45) is 8.27. The molecule has 5 heteroatoms. The highest BCUT2D eigenvalue weighted by molar-refractivity contribution is 5.68. The molecule has 0 bridgehead atoms. The fourth-order valence-corrected chi connectivity index (χ4v) is 2.92. The van der Waals surface area contributed by atoms with Crippen LogP contribution in [0.2, 0.25) is 0 Å². The summed E-state index contributed by atoms with van der Waals surface area (Å²) >= 11 is 0. The van der Waals surface area contributed by atoms with Gasteiger partial charge in [-0.05, 0) is 41.9 Å². The van der Waals surface area contributed by atoms with Crippen molar-refractivity contribution in [2.45, 2.75) is 19.3 Å². The van der Waals surface area contributed by atoms with Crippen LogP contribution in [0.4, 0.5) is 0 Å². The van der Waals surface area contributed by atoms with Crippen LogP contribution in [0.3, 0.4) is 0 Å². The number of aryl methyl sites for hydroxylation is 1. The van der Waals surface area contributed by atoms with E-state index in [4.69, 9.17) is 15.9 Å². The third-order valence-corrected chi connectivity index (χ3v) is 3.93. The zero-order valence-electron chi connectivity index (χ0n) is 11.7. The van der Waals surface area contributed by atoms with Crippen molar-refractivity contribution < 1.29 is 4.74 Å². The lowest BCUT2D eigenvalue weighted by atomic mass is 9.81. The first-order valence-electron chi connectivity index (χ1n) is 7.07. The maximum Gasteiger partial charge on any atom is 0.279 e. The van der Waals surface area contributed by atoms with E-state index in [0.29, 0.717) is 12.5 Å². The molecule has 3 rings (SSSR count). The lowest BCUT2D eigenvalue weighted by Crippen LogP contribution is -2.24. The van der Waals surface area contributed by atoms with E-state index in [0.717, 1.165) is 24.8 Å². The summed E-state index contributed by atoms with van der Waals surface area (Å²) in [6.45, 7) is 0.508. The molecule has 1 aromatic carbocycles. The molecule has 0 fully saturated rings. The van der Waals surface area contributed by atoms with Gasteiger partial charge in [0.15, 0.2) is 0 Å². The summed E-state index contributed by atoms with van der Waals surface area (Å²) in [5, 5.41) is 7.17. The lowest BCUT2D eigenvalue weighted by Gasteiger charge is -2.26. The van der Waals surface area contributed by atoms with Gasteiger partial charge in [0.25, 0.3) is 6.02 Å². The second-order valence-corrected chi connectivity index (χ2v) is 5.35. The molecule has 108 valence electrons. The predicted octanol–water partition coefficient (Wildman–Crippen LogP) is 2.16. The Bertz CT molecular complexity index is 642. The first-order chi connectivity index (χ1) is 10.2. The molecule has 1 atom stereocenters. The zero-order valence-corrected chi connectivity index (χ0v) is 11.7. The van der Waals surface area contributed by atoms with Crippen molar-refractivity contribution in [1.82, 2.24) is 9.97 Å². The Kier molecular flexibility index (Phi) is 3.81. The van der Waals surface area contributed by atoms with E-state index >= 15 is 0 Å². The molecule has 0 aliphatic heterocycles. The van der Waals surface area contributed by atoms with E-state index in [-0.39, 0.29) is 6.02 Å². The number of hydrogen-bond acceptors (Lipinski definition) is 4. The van der Waals surface area contributed by atoms with Gasteiger partial charge in [-0.15, -0.1) is 0 Å². The largest absolute Gasteiger partial charge is 0.465 e. The minimum atomic E-state index is -0.203. The van der Waals surface area contributed by atoms with Crippen LogP contribution in [0.5, 0.6) is 0 Å². The predicted molar refractivity (Wildman–Crippen MR) is 80.8 cm³/mol. The van der Waals surface area contributed by atoms with Gasteiger partial charge in [0.05, 0.1) is 6.61 Å². The molecule has 0 radical (unpaired) electrons. The topological polar surface area (TPSA) is 84.9 Å². The molecule has 3 N–H and O–H groups in total. The number of fused-ring (bicyclic) bond motifs is 1. The van der Waals surface area contributed by atoms with Crippen LogP contribution in [0.1, 0.15) is 17.5 Å². The van der Waals surface area contributed by atoms with Gasteiger partial charge in [0, 0.05) is 18.0 Å². The van der Waals surface area contributed by atoms with Crippen LogP contribution in [-0.4, -0.2) is 22.6 Å². The van der Waals surface area contributed by atoms with Crippen molar-refractivity contribution in [2.75, 3.05) is 6.61 Å². The summed E-state index contributed by atoms with van der Waals surface area (Å²) in [5.41, 5.74) is 10.2. The van der Waals surface area contributed by atoms with E-state index in [9.17, 15) is 0 Å². The van der Waals surface area contributed by atoms with Crippen LogP contribution < -0.4 is 5.73 Å². The standard InChI is InChI=1S/C16H18N4O/c17-16(18)21-9-11-4-5-12-2-1-3-14(15(12)6-11)13-7-19-10-20-8-13/h1-3,7-8,10-11H,4-6,9H2,(H3,17,18). The summed E-state index contributed by atoms with van der Waals surface area (Å²) in [7, 11) is 0. The Morgan fingerprint density at radius 1 is 1.33 bits per heavy atom. The molecular formula is C16H18N4O. The van der Waals surface area contributed by atoms with E-state index < -0.39 is 0 Å². The van der Waals surface area contributed by atoms with Crippen LogP contribution in [0.25, 0.3) is 11.1 Å². The monoisotopic (exact) mass is 282 g/mol. The van der Waals surface area contributed by atoms with Crippen molar-refractivity contribution >= 4 is 6.02 Å². The maximum absolute atomic E-state index is 7.17. The molecule has 0 spiro atoms. The van der Waals surface area contributed by atoms with Gasteiger partial charge in [-0.3, -0.25) is 5.41 Å². The molecule has 1 unspecified atom stereocenters. The van der Waals surface area contributed by atoms with Crippen molar-refractivity contribution in [2.24, 2.45) is 11.7 Å². The smallest absolute Gasteiger partial charge is 0.279 e. The van der Waals surface area contributed by atoms with Crippen molar-refractivity contribution in [3.8, 4) is 11.1 Å². The van der Waals surface area contributed by atoms with Crippen LogP contribution in [0, 0.1) is 11.3 Å². The first-order valence-corrected chi connectivity index (χ1v) is 7.07. The van der Waals surface area contributed by atoms with Gasteiger partial charge < -0.3 is 10.5 Å². The first kappa shape index (κ1) is 13.5. The highest BCUT2D eigenvalue weighted by atomic mass is 16.5. The minimum absolute atomic E-state index is 0.203. The van der Waals surface area contributed by atoms with Crippen molar-refractivity contribution in [1.29, 1.82) is 5.41 Å². The van der Waals surface area contributed by atoms with E-state index in [1.807, 2.05) is 12.4 Å². The fraction of sp³-hybridized carbons (Fsp3) is 0.312. The average Bonchev–Trinajstić information content (AvgIpc) is 2.53. The van der Waals surface area contributed by atoms with Gasteiger partial charge in [-0.25, -0.2) is 9.97 Å². The van der Waals surface area contributed by atoms with Gasteiger partial charge in [-0.1, -0.05) is 18.2 Å². The number of benzene rings is 1. The number of nitrogens with two attached hydrogens (primary N) is 1. The van der Waals surface area contributed by atoms with Crippen molar-refractivity contribution in [3.05, 3.63) is 48.0 Å². The van der Waals surface area contributed by atoms with Gasteiger partial charge in [0.1, 0.15) is 6.33 Å². The summed E-state index contributed by atoms with van der Waals surface area (Å²) in [5.74, 6) is 0.396. The molecule has 1 heterocycles. The summed E-state index contributed by atoms with van der Waals surface area (Å²) in [6, 6.07) is 6.19. The van der Waals surface area contributed by atoms with Crippen molar-refractivity contribution in [3.63, 3.8) is 0 Å². The average molecular weight is 282 g/mol. The third kappa shape index (κ3) is 3.02. The molecule has 1 aliphatic carbocycles. The van der Waals surface area contributed by atoms with Crippen LogP contribution >= 0.6 is 0 Å². The molecular weight excluding hydrogens is 264 g/mol. The van der Waals surface area contributed by atoms with E-state index in [1.54, 1.807) is 6.33 Å². The molecule has 0 saturated heterocycles. The molecule has 0 amide bonds. The lowest BCUT2D eigenvalue weighted by molar-refractivity contribution is 0.218. The van der Waals surface area contributed by atoms with Gasteiger partial charge in [0.2, 0.25) is 0 Å². The van der Waals surface area contributed by atoms with Crippen LogP contribution in [-0.2, 0) is 17.6 Å².